The molecule has 104 valence electrons. The summed E-state index contributed by atoms with van der Waals surface area (Å²) in [5.74, 6) is -1.31. The summed E-state index contributed by atoms with van der Waals surface area (Å²) in [7, 11) is 0. The van der Waals surface area contributed by atoms with E-state index in [1.54, 1.807) is 25.1 Å². The zero-order valence-corrected chi connectivity index (χ0v) is 12.0. The molecule has 0 aliphatic rings. The summed E-state index contributed by atoms with van der Waals surface area (Å²) in [4.78, 5) is 22.1. The van der Waals surface area contributed by atoms with Crippen molar-refractivity contribution in [3.63, 3.8) is 0 Å². The third-order valence-corrected chi connectivity index (χ3v) is 3.14. The maximum absolute atomic E-state index is 11.6. The van der Waals surface area contributed by atoms with Gasteiger partial charge in [-0.1, -0.05) is 30.1 Å². The number of benzene rings is 1. The predicted molar refractivity (Wildman–Crippen MR) is 74.3 cm³/mol. The molecule has 0 aliphatic heterocycles. The average Bonchev–Trinajstić information content (AvgIpc) is 2.29. The van der Waals surface area contributed by atoms with E-state index < -0.39 is 5.97 Å². The van der Waals surface area contributed by atoms with Crippen LogP contribution in [0.5, 0.6) is 0 Å². The minimum absolute atomic E-state index is 0.0225. The molecule has 1 rings (SSSR count). The molecule has 0 spiro atoms. The van der Waals surface area contributed by atoms with Crippen LogP contribution in [0.15, 0.2) is 18.2 Å². The van der Waals surface area contributed by atoms with E-state index in [1.165, 1.54) is 0 Å². The van der Waals surface area contributed by atoms with Crippen LogP contribution in [0.4, 0.5) is 0 Å². The highest BCUT2D eigenvalue weighted by Gasteiger charge is 2.12. The number of rotatable bonds is 6. The second kappa shape index (κ2) is 7.36. The van der Waals surface area contributed by atoms with Gasteiger partial charge in [-0.05, 0) is 29.7 Å². The van der Waals surface area contributed by atoms with E-state index >= 15 is 0 Å². The molecular formula is C13H15Cl2NO3. The van der Waals surface area contributed by atoms with Gasteiger partial charge in [-0.3, -0.25) is 9.59 Å². The lowest BCUT2D eigenvalue weighted by atomic mass is 10.0. The van der Waals surface area contributed by atoms with Crippen molar-refractivity contribution in [3.8, 4) is 0 Å². The number of hydrogen-bond donors (Lipinski definition) is 2. The molecule has 0 bridgehead atoms. The molecule has 6 heteroatoms. The van der Waals surface area contributed by atoms with Gasteiger partial charge in [-0.15, -0.1) is 0 Å². The Hall–Kier alpha value is -1.26. The number of nitrogens with one attached hydrogen (secondary N) is 1. The number of aliphatic carboxylic acids is 1. The van der Waals surface area contributed by atoms with Crippen molar-refractivity contribution in [1.82, 2.24) is 5.32 Å². The van der Waals surface area contributed by atoms with Crippen LogP contribution in [0, 0.1) is 5.92 Å². The van der Waals surface area contributed by atoms with Gasteiger partial charge < -0.3 is 10.4 Å². The topological polar surface area (TPSA) is 66.4 Å². The number of carboxylic acids is 1. The number of carbonyl (C=O) groups is 2. The van der Waals surface area contributed by atoms with Gasteiger partial charge in [0.15, 0.2) is 0 Å². The van der Waals surface area contributed by atoms with Crippen molar-refractivity contribution in [2.75, 3.05) is 0 Å². The lowest BCUT2D eigenvalue weighted by Crippen LogP contribution is -2.25. The van der Waals surface area contributed by atoms with E-state index in [2.05, 4.69) is 5.32 Å². The maximum Gasteiger partial charge on any atom is 0.303 e. The lowest BCUT2D eigenvalue weighted by molar-refractivity contribution is -0.138. The molecule has 2 N–H and O–H groups in total. The summed E-state index contributed by atoms with van der Waals surface area (Å²) in [6.45, 7) is 2.00. The highest BCUT2D eigenvalue weighted by Crippen LogP contribution is 2.20. The second-order valence-corrected chi connectivity index (χ2v) is 5.26. The van der Waals surface area contributed by atoms with Gasteiger partial charge in [-0.25, -0.2) is 0 Å². The summed E-state index contributed by atoms with van der Waals surface area (Å²) in [5, 5.41) is 12.4. The molecule has 0 saturated heterocycles. The van der Waals surface area contributed by atoms with Crippen LogP contribution >= 0.6 is 23.2 Å². The van der Waals surface area contributed by atoms with Gasteiger partial charge in [0.25, 0.3) is 0 Å². The monoisotopic (exact) mass is 303 g/mol. The summed E-state index contributed by atoms with van der Waals surface area (Å²) in [5.41, 5.74) is 0.730. The van der Waals surface area contributed by atoms with Crippen LogP contribution in [0.3, 0.4) is 0 Å². The standard InChI is InChI=1S/C13H15Cl2NO3/c1-8(5-13(18)19)4-12(17)16-7-9-6-10(14)2-3-11(9)15/h2-3,6,8H,4-5,7H2,1H3,(H,16,17)(H,18,19). The first-order chi connectivity index (χ1) is 8.88. The quantitative estimate of drug-likeness (QED) is 0.848. The molecular weight excluding hydrogens is 289 g/mol. The minimum atomic E-state index is -0.904. The average molecular weight is 304 g/mol. The number of amides is 1. The van der Waals surface area contributed by atoms with Crippen molar-refractivity contribution in [3.05, 3.63) is 33.8 Å². The molecule has 1 unspecified atom stereocenters. The van der Waals surface area contributed by atoms with E-state index in [0.29, 0.717) is 10.0 Å². The van der Waals surface area contributed by atoms with Gasteiger partial charge in [0.1, 0.15) is 0 Å². The number of hydrogen-bond acceptors (Lipinski definition) is 2. The van der Waals surface area contributed by atoms with Crippen molar-refractivity contribution < 1.29 is 14.7 Å². The molecule has 0 fully saturated rings. The minimum Gasteiger partial charge on any atom is -0.481 e. The van der Waals surface area contributed by atoms with Crippen LogP contribution in [0.1, 0.15) is 25.3 Å². The van der Waals surface area contributed by atoms with E-state index in [4.69, 9.17) is 28.3 Å². The van der Waals surface area contributed by atoms with Gasteiger partial charge in [0.2, 0.25) is 5.91 Å². The normalized spacial score (nSPS) is 11.9. The van der Waals surface area contributed by atoms with Crippen LogP contribution in [-0.2, 0) is 16.1 Å². The molecule has 0 aliphatic carbocycles. The van der Waals surface area contributed by atoms with Crippen molar-refractivity contribution in [2.45, 2.75) is 26.3 Å². The zero-order valence-electron chi connectivity index (χ0n) is 10.5. The smallest absolute Gasteiger partial charge is 0.303 e. The Balaban J connectivity index is 2.46. The van der Waals surface area contributed by atoms with E-state index in [0.717, 1.165) is 5.56 Å². The largest absolute Gasteiger partial charge is 0.481 e. The Morgan fingerprint density at radius 2 is 2.00 bits per heavy atom. The molecule has 1 atom stereocenters. The highest BCUT2D eigenvalue weighted by molar-refractivity contribution is 6.33. The fourth-order valence-corrected chi connectivity index (χ4v) is 2.01. The molecule has 0 saturated carbocycles. The SMILES string of the molecule is CC(CC(=O)O)CC(=O)NCc1cc(Cl)ccc1Cl. The van der Waals surface area contributed by atoms with Crippen LogP contribution in [0.25, 0.3) is 0 Å². The maximum atomic E-state index is 11.6. The molecule has 19 heavy (non-hydrogen) atoms. The van der Waals surface area contributed by atoms with Crippen LogP contribution in [-0.4, -0.2) is 17.0 Å². The summed E-state index contributed by atoms with van der Waals surface area (Å²) in [6.07, 6.45) is 0.149. The van der Waals surface area contributed by atoms with Crippen LogP contribution in [0.2, 0.25) is 10.0 Å². The molecule has 1 amide bonds. The van der Waals surface area contributed by atoms with Gasteiger partial charge >= 0.3 is 5.97 Å². The summed E-state index contributed by atoms with van der Waals surface area (Å²) >= 11 is 11.8. The van der Waals surface area contributed by atoms with Crippen molar-refractivity contribution >= 4 is 35.1 Å². The first-order valence-electron chi connectivity index (χ1n) is 5.81. The lowest BCUT2D eigenvalue weighted by Gasteiger charge is -2.10. The number of carbonyl (C=O) groups excluding carboxylic acids is 1. The van der Waals surface area contributed by atoms with Gasteiger partial charge in [0, 0.05) is 29.4 Å². The third-order valence-electron chi connectivity index (χ3n) is 2.54. The Bertz CT molecular complexity index is 477. The molecule has 1 aromatic rings. The first-order valence-corrected chi connectivity index (χ1v) is 6.56. The predicted octanol–water partition coefficient (Wildman–Crippen LogP) is 3.11. The van der Waals surface area contributed by atoms with Gasteiger partial charge in [-0.2, -0.15) is 0 Å². The Morgan fingerprint density at radius 3 is 2.63 bits per heavy atom. The van der Waals surface area contributed by atoms with E-state index in [9.17, 15) is 9.59 Å². The first kappa shape index (κ1) is 15.8. The Labute approximate surface area is 121 Å². The second-order valence-electron chi connectivity index (χ2n) is 4.42. The summed E-state index contributed by atoms with van der Waals surface area (Å²) in [6, 6.07) is 5.02. The fraction of sp³-hybridized carbons (Fsp3) is 0.385. The number of carboxylic acid groups (broad SMARTS) is 1. The van der Waals surface area contributed by atoms with E-state index in [1.807, 2.05) is 0 Å². The molecule has 0 heterocycles. The van der Waals surface area contributed by atoms with Crippen molar-refractivity contribution in [1.29, 1.82) is 0 Å². The van der Waals surface area contributed by atoms with Crippen LogP contribution < -0.4 is 5.32 Å². The molecule has 0 radical (unpaired) electrons. The Morgan fingerprint density at radius 1 is 1.32 bits per heavy atom. The molecule has 1 aromatic carbocycles. The van der Waals surface area contributed by atoms with E-state index in [-0.39, 0.29) is 31.2 Å². The highest BCUT2D eigenvalue weighted by atomic mass is 35.5. The molecule has 4 nitrogen and oxygen atoms in total. The van der Waals surface area contributed by atoms with Crippen molar-refractivity contribution in [2.24, 2.45) is 5.92 Å². The Kier molecular flexibility index (Phi) is 6.12. The zero-order chi connectivity index (χ0) is 14.4. The molecule has 0 aromatic heterocycles. The fourth-order valence-electron chi connectivity index (χ4n) is 1.63. The number of halogens is 2. The third kappa shape index (κ3) is 5.94. The van der Waals surface area contributed by atoms with Gasteiger partial charge in [0.05, 0.1) is 0 Å². The summed E-state index contributed by atoms with van der Waals surface area (Å²) < 4.78 is 0.